The normalized spacial score (nSPS) is 17.8. The molecule has 0 aliphatic carbocycles. The van der Waals surface area contributed by atoms with Crippen LogP contribution in [0, 0.1) is 5.92 Å². The molecule has 1 aromatic carbocycles. The van der Waals surface area contributed by atoms with Crippen LogP contribution in [0.2, 0.25) is 0 Å². The van der Waals surface area contributed by atoms with Gasteiger partial charge in [0.15, 0.2) is 0 Å². The summed E-state index contributed by atoms with van der Waals surface area (Å²) in [6.45, 7) is 7.73. The van der Waals surface area contributed by atoms with Crippen LogP contribution in [0.1, 0.15) is 51.2 Å². The number of cyclic esters (lactones) is 2. The van der Waals surface area contributed by atoms with Crippen molar-refractivity contribution < 1.29 is 19.1 Å². The van der Waals surface area contributed by atoms with E-state index in [1.807, 2.05) is 33.8 Å². The first kappa shape index (κ1) is 15.4. The Kier molecular flexibility index (Phi) is 3.94. The van der Waals surface area contributed by atoms with Crippen molar-refractivity contribution in [3.05, 3.63) is 29.3 Å². The van der Waals surface area contributed by atoms with Gasteiger partial charge in [-0.05, 0) is 29.7 Å². The van der Waals surface area contributed by atoms with Crippen LogP contribution in [0.15, 0.2) is 18.2 Å². The highest BCUT2D eigenvalue weighted by molar-refractivity contribution is 5.93. The van der Waals surface area contributed by atoms with Gasteiger partial charge in [-0.2, -0.15) is 0 Å². The van der Waals surface area contributed by atoms with Crippen LogP contribution < -0.4 is 5.73 Å². The van der Waals surface area contributed by atoms with Crippen LogP contribution in [0.4, 0.5) is 5.69 Å². The Morgan fingerprint density at radius 2 is 1.67 bits per heavy atom. The lowest BCUT2D eigenvalue weighted by molar-refractivity contribution is -0.265. The van der Waals surface area contributed by atoms with Gasteiger partial charge in [-0.25, -0.2) is 0 Å². The van der Waals surface area contributed by atoms with E-state index in [4.69, 9.17) is 15.2 Å². The highest BCUT2D eigenvalue weighted by Gasteiger charge is 2.49. The molecule has 0 atom stereocenters. The summed E-state index contributed by atoms with van der Waals surface area (Å²) in [5, 5.41) is 0. The van der Waals surface area contributed by atoms with Crippen molar-refractivity contribution in [3.63, 3.8) is 0 Å². The number of carbonyl (C=O) groups is 2. The Morgan fingerprint density at radius 3 is 2.14 bits per heavy atom. The fourth-order valence-electron chi connectivity index (χ4n) is 2.58. The number of nitrogen functional groups attached to an aromatic ring is 1. The maximum atomic E-state index is 11.8. The minimum atomic E-state index is -1.38. The molecule has 0 spiro atoms. The van der Waals surface area contributed by atoms with Gasteiger partial charge in [0.25, 0.3) is 5.79 Å². The third-order valence-corrected chi connectivity index (χ3v) is 3.65. The summed E-state index contributed by atoms with van der Waals surface area (Å²) in [7, 11) is 0. The van der Waals surface area contributed by atoms with Gasteiger partial charge < -0.3 is 15.2 Å². The van der Waals surface area contributed by atoms with Crippen molar-refractivity contribution in [2.45, 2.75) is 45.8 Å². The molecule has 5 nitrogen and oxygen atoms in total. The first-order valence-electron chi connectivity index (χ1n) is 7.10. The maximum Gasteiger partial charge on any atom is 0.320 e. The van der Waals surface area contributed by atoms with Gasteiger partial charge in [0.05, 0.1) is 0 Å². The van der Waals surface area contributed by atoms with E-state index in [1.54, 1.807) is 12.1 Å². The summed E-state index contributed by atoms with van der Waals surface area (Å²) in [4.78, 5) is 23.5. The van der Waals surface area contributed by atoms with Gasteiger partial charge in [-0.1, -0.05) is 27.7 Å². The zero-order valence-corrected chi connectivity index (χ0v) is 12.8. The van der Waals surface area contributed by atoms with E-state index in [-0.39, 0.29) is 18.3 Å². The molecule has 0 unspecified atom stereocenters. The number of hydrogen-bond acceptors (Lipinski definition) is 5. The molecule has 0 radical (unpaired) electrons. The Labute approximate surface area is 124 Å². The van der Waals surface area contributed by atoms with Crippen molar-refractivity contribution in [1.29, 1.82) is 0 Å². The molecule has 0 bridgehead atoms. The molecular formula is C16H21NO4. The molecule has 21 heavy (non-hydrogen) atoms. The summed E-state index contributed by atoms with van der Waals surface area (Å²) in [6.07, 6.45) is -0.347. The van der Waals surface area contributed by atoms with E-state index < -0.39 is 17.7 Å². The fourth-order valence-corrected chi connectivity index (χ4v) is 2.58. The van der Waals surface area contributed by atoms with Crippen molar-refractivity contribution in [2.75, 3.05) is 5.73 Å². The second-order valence-electron chi connectivity index (χ2n) is 5.95. The number of nitrogens with two attached hydrogens (primary N) is 1. The van der Waals surface area contributed by atoms with Crippen molar-refractivity contribution in [3.8, 4) is 0 Å². The lowest BCUT2D eigenvalue weighted by Gasteiger charge is -2.40. The molecule has 1 aliphatic heterocycles. The summed E-state index contributed by atoms with van der Waals surface area (Å²) in [5.41, 5.74) is 8.07. The molecule has 1 heterocycles. The zero-order valence-electron chi connectivity index (χ0n) is 12.8. The van der Waals surface area contributed by atoms with E-state index >= 15 is 0 Å². The molecule has 5 heteroatoms. The molecule has 1 saturated heterocycles. The predicted molar refractivity (Wildman–Crippen MR) is 78.3 cm³/mol. The number of rotatable bonds is 3. The summed E-state index contributed by atoms with van der Waals surface area (Å²) < 4.78 is 11.0. The van der Waals surface area contributed by atoms with Gasteiger partial charge >= 0.3 is 11.9 Å². The van der Waals surface area contributed by atoms with E-state index in [1.165, 1.54) is 0 Å². The minimum Gasteiger partial charge on any atom is -0.417 e. The van der Waals surface area contributed by atoms with Crippen molar-refractivity contribution in [2.24, 2.45) is 5.92 Å². The van der Waals surface area contributed by atoms with E-state index in [2.05, 4.69) is 0 Å². The Bertz CT molecular complexity index is 562. The Hall–Kier alpha value is -2.04. The molecule has 114 valence electrons. The molecular weight excluding hydrogens is 270 g/mol. The molecule has 1 fully saturated rings. The lowest BCUT2D eigenvalue weighted by atomic mass is 9.85. The summed E-state index contributed by atoms with van der Waals surface area (Å²) in [6, 6.07) is 5.33. The van der Waals surface area contributed by atoms with Crippen LogP contribution in [-0.2, 0) is 24.8 Å². The molecule has 2 rings (SSSR count). The quantitative estimate of drug-likeness (QED) is 0.526. The first-order valence-corrected chi connectivity index (χ1v) is 7.10. The zero-order chi connectivity index (χ0) is 15.8. The second-order valence-corrected chi connectivity index (χ2v) is 5.95. The minimum absolute atomic E-state index is 0.151. The van der Waals surface area contributed by atoms with Crippen LogP contribution >= 0.6 is 0 Å². The third-order valence-electron chi connectivity index (χ3n) is 3.65. The Balaban J connectivity index is 2.63. The van der Waals surface area contributed by atoms with Gasteiger partial charge in [-0.15, -0.1) is 0 Å². The lowest BCUT2D eigenvalue weighted by Crippen LogP contribution is -2.47. The van der Waals surface area contributed by atoms with Gasteiger partial charge in [0.2, 0.25) is 0 Å². The predicted octanol–water partition coefficient (Wildman–Crippen LogP) is 2.69. The average molecular weight is 291 g/mol. The maximum absolute atomic E-state index is 11.8. The standard InChI is InChI=1S/C16H21NO4/c1-9(2)12-7-11(17)5-6-13(12)16(10(3)4)20-14(18)8-15(19)21-16/h5-7,9-10H,8,17H2,1-4H3. The van der Waals surface area contributed by atoms with E-state index in [0.29, 0.717) is 11.3 Å². The number of carbonyl (C=O) groups excluding carboxylic acids is 2. The van der Waals surface area contributed by atoms with Crippen molar-refractivity contribution >= 4 is 17.6 Å². The summed E-state index contributed by atoms with van der Waals surface area (Å²) >= 11 is 0. The molecule has 1 aliphatic rings. The largest absolute Gasteiger partial charge is 0.417 e. The van der Waals surface area contributed by atoms with Gasteiger partial charge in [-0.3, -0.25) is 9.59 Å². The summed E-state index contributed by atoms with van der Waals surface area (Å²) in [5.74, 6) is -2.57. The molecule has 1 aromatic rings. The number of esters is 2. The Morgan fingerprint density at radius 1 is 1.10 bits per heavy atom. The highest BCUT2D eigenvalue weighted by Crippen LogP contribution is 2.42. The van der Waals surface area contributed by atoms with E-state index in [9.17, 15) is 9.59 Å². The van der Waals surface area contributed by atoms with Crippen LogP contribution in [0.5, 0.6) is 0 Å². The molecule has 0 saturated carbocycles. The van der Waals surface area contributed by atoms with Crippen molar-refractivity contribution in [1.82, 2.24) is 0 Å². The fraction of sp³-hybridized carbons (Fsp3) is 0.500. The topological polar surface area (TPSA) is 78.6 Å². The third kappa shape index (κ3) is 2.73. The average Bonchev–Trinajstić information content (AvgIpc) is 2.36. The van der Waals surface area contributed by atoms with Crippen LogP contribution in [0.25, 0.3) is 0 Å². The SMILES string of the molecule is CC(C)c1cc(N)ccc1C1(C(C)C)OC(=O)CC(=O)O1. The molecule has 0 amide bonds. The van der Waals surface area contributed by atoms with Gasteiger partial charge in [0, 0.05) is 17.2 Å². The van der Waals surface area contributed by atoms with Crippen LogP contribution in [-0.4, -0.2) is 11.9 Å². The van der Waals surface area contributed by atoms with Gasteiger partial charge in [0.1, 0.15) is 6.42 Å². The monoisotopic (exact) mass is 291 g/mol. The van der Waals surface area contributed by atoms with E-state index in [0.717, 1.165) is 5.56 Å². The molecule has 0 aromatic heterocycles. The number of benzene rings is 1. The molecule has 2 N–H and O–H groups in total. The first-order chi connectivity index (χ1) is 9.76. The number of ether oxygens (including phenoxy) is 2. The second kappa shape index (κ2) is 5.39. The highest BCUT2D eigenvalue weighted by atomic mass is 16.7. The smallest absolute Gasteiger partial charge is 0.320 e. The van der Waals surface area contributed by atoms with Crippen LogP contribution in [0.3, 0.4) is 0 Å². The number of hydrogen-bond donors (Lipinski definition) is 1. The number of anilines is 1.